The second-order valence-electron chi connectivity index (χ2n) is 6.83. The zero-order valence-electron chi connectivity index (χ0n) is 17.7. The maximum atomic E-state index is 12.6. The number of carbonyl (C=O) groups excluding carboxylic acids is 2. The molecule has 0 radical (unpaired) electrons. The summed E-state index contributed by atoms with van der Waals surface area (Å²) in [6.07, 6.45) is 1.17. The largest absolute Gasteiger partial charge is 0.462 e. The van der Waals surface area contributed by atoms with Crippen LogP contribution < -0.4 is 10.6 Å². The summed E-state index contributed by atoms with van der Waals surface area (Å²) in [4.78, 5) is 25.1. The highest BCUT2D eigenvalue weighted by atomic mass is 35.5. The third-order valence-corrected chi connectivity index (χ3v) is 5.00. The van der Waals surface area contributed by atoms with Gasteiger partial charge in [-0.3, -0.25) is 4.79 Å². The van der Waals surface area contributed by atoms with Crippen LogP contribution in [-0.2, 0) is 9.53 Å². The molecule has 3 rings (SSSR count). The van der Waals surface area contributed by atoms with Gasteiger partial charge in [-0.15, -0.1) is 0 Å². The summed E-state index contributed by atoms with van der Waals surface area (Å²) >= 11 is 12.3. The van der Waals surface area contributed by atoms with Crippen molar-refractivity contribution in [2.45, 2.75) is 13.8 Å². The van der Waals surface area contributed by atoms with Gasteiger partial charge in [-0.05, 0) is 55.8 Å². The molecule has 0 bridgehead atoms. The number of anilines is 3. The smallest absolute Gasteiger partial charge is 0.345 e. The van der Waals surface area contributed by atoms with Crippen molar-refractivity contribution in [3.8, 4) is 6.07 Å². The van der Waals surface area contributed by atoms with Gasteiger partial charge in [0.25, 0.3) is 5.91 Å². The summed E-state index contributed by atoms with van der Waals surface area (Å²) < 4.78 is 10.8. The number of benzene rings is 2. The predicted octanol–water partition coefficient (Wildman–Crippen LogP) is 6.36. The van der Waals surface area contributed by atoms with E-state index in [1.165, 1.54) is 6.08 Å². The number of halogens is 2. The van der Waals surface area contributed by atoms with E-state index in [1.807, 2.05) is 19.1 Å². The van der Waals surface area contributed by atoms with Gasteiger partial charge in [0.1, 0.15) is 22.2 Å². The van der Waals surface area contributed by atoms with Crippen molar-refractivity contribution in [3.63, 3.8) is 0 Å². The predicted molar refractivity (Wildman–Crippen MR) is 128 cm³/mol. The van der Waals surface area contributed by atoms with Crippen LogP contribution in [0.5, 0.6) is 0 Å². The first-order valence-corrected chi connectivity index (χ1v) is 10.6. The van der Waals surface area contributed by atoms with E-state index < -0.39 is 11.9 Å². The molecule has 0 saturated carbocycles. The maximum absolute atomic E-state index is 12.6. The Hall–Kier alpha value is -3.73. The highest BCUT2D eigenvalue weighted by Gasteiger charge is 2.26. The van der Waals surface area contributed by atoms with Crippen molar-refractivity contribution in [2.75, 3.05) is 17.2 Å². The fourth-order valence-corrected chi connectivity index (χ4v) is 3.24. The Morgan fingerprint density at radius 1 is 1.15 bits per heavy atom. The van der Waals surface area contributed by atoms with Crippen LogP contribution in [-0.4, -0.2) is 18.5 Å². The molecule has 0 spiro atoms. The van der Waals surface area contributed by atoms with E-state index in [0.717, 1.165) is 5.56 Å². The van der Waals surface area contributed by atoms with Crippen LogP contribution in [0.4, 0.5) is 17.3 Å². The molecule has 1 amide bonds. The number of furan rings is 1. The molecule has 0 atom stereocenters. The van der Waals surface area contributed by atoms with Gasteiger partial charge >= 0.3 is 5.97 Å². The molecule has 0 aliphatic carbocycles. The van der Waals surface area contributed by atoms with E-state index in [0.29, 0.717) is 16.4 Å². The second-order valence-corrected chi connectivity index (χ2v) is 7.64. The summed E-state index contributed by atoms with van der Waals surface area (Å²) in [6, 6.07) is 15.6. The first-order chi connectivity index (χ1) is 15.8. The SMILES string of the molecule is CCOC(=O)c1c(Nc2ccc(Cl)cc2)oc(/C=C(\C#N)C(=O)Nc2cccc(C)c2)c1Cl. The number of hydrogen-bond acceptors (Lipinski definition) is 6. The van der Waals surface area contributed by atoms with Gasteiger partial charge in [0.15, 0.2) is 5.76 Å². The molecule has 1 aromatic heterocycles. The van der Waals surface area contributed by atoms with E-state index in [4.69, 9.17) is 32.4 Å². The normalized spacial score (nSPS) is 10.9. The van der Waals surface area contributed by atoms with Crippen molar-refractivity contribution in [1.82, 2.24) is 0 Å². The Balaban J connectivity index is 1.97. The minimum atomic E-state index is -0.718. The van der Waals surface area contributed by atoms with Gasteiger partial charge in [-0.1, -0.05) is 35.3 Å². The molecule has 0 unspecified atom stereocenters. The van der Waals surface area contributed by atoms with E-state index >= 15 is 0 Å². The zero-order valence-corrected chi connectivity index (χ0v) is 19.3. The molecule has 1 heterocycles. The summed E-state index contributed by atoms with van der Waals surface area (Å²) in [6.45, 7) is 3.65. The Bertz CT molecular complexity index is 1260. The summed E-state index contributed by atoms with van der Waals surface area (Å²) in [5.41, 5.74) is 1.73. The lowest BCUT2D eigenvalue weighted by molar-refractivity contribution is -0.112. The number of nitrogens with one attached hydrogen (secondary N) is 2. The number of esters is 1. The molecule has 168 valence electrons. The number of nitrogens with zero attached hydrogens (tertiary/aromatic N) is 1. The molecule has 0 saturated heterocycles. The lowest BCUT2D eigenvalue weighted by Gasteiger charge is -2.06. The number of ether oxygens (including phenoxy) is 1. The first kappa shape index (κ1) is 23.9. The van der Waals surface area contributed by atoms with Crippen LogP contribution >= 0.6 is 23.2 Å². The highest BCUT2D eigenvalue weighted by Crippen LogP contribution is 2.36. The second kappa shape index (κ2) is 10.7. The van der Waals surface area contributed by atoms with E-state index in [9.17, 15) is 14.9 Å². The molecule has 33 heavy (non-hydrogen) atoms. The summed E-state index contributed by atoms with van der Waals surface area (Å²) in [5.74, 6) is -1.42. The van der Waals surface area contributed by atoms with Crippen LogP contribution in [0.2, 0.25) is 10.0 Å². The molecule has 2 N–H and O–H groups in total. The number of carbonyl (C=O) groups is 2. The van der Waals surface area contributed by atoms with Gasteiger partial charge in [0, 0.05) is 22.5 Å². The molecule has 9 heteroatoms. The fourth-order valence-electron chi connectivity index (χ4n) is 2.86. The monoisotopic (exact) mass is 483 g/mol. The van der Waals surface area contributed by atoms with Crippen molar-refractivity contribution in [2.24, 2.45) is 0 Å². The Morgan fingerprint density at radius 2 is 1.88 bits per heavy atom. The molecule has 3 aromatic rings. The molecule has 0 fully saturated rings. The number of amides is 1. The van der Waals surface area contributed by atoms with Crippen LogP contribution in [0, 0.1) is 18.3 Å². The van der Waals surface area contributed by atoms with Gasteiger partial charge in [-0.25, -0.2) is 4.79 Å². The number of rotatable bonds is 7. The third-order valence-electron chi connectivity index (χ3n) is 4.37. The van der Waals surface area contributed by atoms with Gasteiger partial charge in [0.05, 0.1) is 6.61 Å². The molecule has 2 aromatic carbocycles. The average molecular weight is 484 g/mol. The van der Waals surface area contributed by atoms with Crippen LogP contribution in [0.25, 0.3) is 6.08 Å². The summed E-state index contributed by atoms with van der Waals surface area (Å²) in [7, 11) is 0. The fraction of sp³-hybridized carbons (Fsp3) is 0.125. The third kappa shape index (κ3) is 5.95. The standard InChI is InChI=1S/C24H19Cl2N3O4/c1-3-32-24(31)20-21(26)19(33-23(20)29-17-9-7-16(25)8-10-17)12-15(13-27)22(30)28-18-6-4-5-14(2)11-18/h4-12,29H,3H2,1-2H3,(H,28,30)/b15-12+. The quantitative estimate of drug-likeness (QED) is 0.230. The van der Waals surface area contributed by atoms with Crippen LogP contribution in [0.15, 0.2) is 58.5 Å². The minimum absolute atomic E-state index is 0.00315. The summed E-state index contributed by atoms with van der Waals surface area (Å²) in [5, 5.41) is 15.6. The lowest BCUT2D eigenvalue weighted by Crippen LogP contribution is -2.13. The highest BCUT2D eigenvalue weighted by molar-refractivity contribution is 6.36. The Labute approximate surface area is 200 Å². The number of hydrogen-bond donors (Lipinski definition) is 2. The molecule has 7 nitrogen and oxygen atoms in total. The van der Waals surface area contributed by atoms with Crippen molar-refractivity contribution < 1.29 is 18.7 Å². The zero-order chi connectivity index (χ0) is 24.0. The lowest BCUT2D eigenvalue weighted by atomic mass is 10.2. The molecule has 0 aliphatic heterocycles. The molecule has 0 aliphatic rings. The van der Waals surface area contributed by atoms with Crippen molar-refractivity contribution in [3.05, 3.63) is 81.0 Å². The minimum Gasteiger partial charge on any atom is -0.462 e. The van der Waals surface area contributed by atoms with E-state index in [1.54, 1.807) is 49.4 Å². The van der Waals surface area contributed by atoms with Crippen LogP contribution in [0.1, 0.15) is 28.6 Å². The Kier molecular flexibility index (Phi) is 7.78. The average Bonchev–Trinajstić information content (AvgIpc) is 3.08. The first-order valence-electron chi connectivity index (χ1n) is 9.84. The maximum Gasteiger partial charge on any atom is 0.345 e. The van der Waals surface area contributed by atoms with Crippen molar-refractivity contribution >= 4 is 58.4 Å². The van der Waals surface area contributed by atoms with E-state index in [-0.39, 0.29) is 34.4 Å². The van der Waals surface area contributed by atoms with E-state index in [2.05, 4.69) is 10.6 Å². The van der Waals surface area contributed by atoms with Gasteiger partial charge < -0.3 is 19.8 Å². The number of nitriles is 1. The molecular formula is C24H19Cl2N3O4. The van der Waals surface area contributed by atoms with Crippen LogP contribution in [0.3, 0.4) is 0 Å². The van der Waals surface area contributed by atoms with Gasteiger partial charge in [0.2, 0.25) is 5.88 Å². The van der Waals surface area contributed by atoms with Crippen molar-refractivity contribution in [1.29, 1.82) is 5.26 Å². The Morgan fingerprint density at radius 3 is 2.52 bits per heavy atom. The topological polar surface area (TPSA) is 104 Å². The van der Waals surface area contributed by atoms with Gasteiger partial charge in [-0.2, -0.15) is 5.26 Å². The number of aryl methyl sites for hydroxylation is 1. The molecular weight excluding hydrogens is 465 g/mol.